The molecule has 1 N–H and O–H groups in total. The van der Waals surface area contributed by atoms with E-state index >= 15 is 0 Å². The maximum Gasteiger partial charge on any atom is 0.250 e. The Kier molecular flexibility index (Phi) is 6.58. The molecule has 1 aromatic carbocycles. The molecular formula is C18H21ClN2O3. The van der Waals surface area contributed by atoms with E-state index in [9.17, 15) is 9.59 Å². The predicted molar refractivity (Wildman–Crippen MR) is 94.1 cm³/mol. The molecule has 128 valence electrons. The first-order valence-corrected chi connectivity index (χ1v) is 8.12. The van der Waals surface area contributed by atoms with Gasteiger partial charge in [0, 0.05) is 37.4 Å². The van der Waals surface area contributed by atoms with Gasteiger partial charge in [0.1, 0.15) is 6.10 Å². The maximum atomic E-state index is 12.1. The van der Waals surface area contributed by atoms with Gasteiger partial charge in [-0.25, -0.2) is 0 Å². The number of hydrogen-bond donors (Lipinski definition) is 1. The Hall–Kier alpha value is -2.11. The summed E-state index contributed by atoms with van der Waals surface area (Å²) >= 11 is 5.90. The fraction of sp³-hybridized carbons (Fsp3) is 0.333. The van der Waals surface area contributed by atoms with Crippen LogP contribution in [0.1, 0.15) is 25.0 Å². The molecule has 2 aromatic rings. The van der Waals surface area contributed by atoms with Crippen LogP contribution >= 0.6 is 11.6 Å². The SMILES string of the molecule is CO[C@H](c1ccc(Cl)cc1)[C@H](C)NC(=O)CCn1ccccc1=O. The summed E-state index contributed by atoms with van der Waals surface area (Å²) in [5.74, 6) is -0.130. The number of carbonyl (C=O) groups excluding carboxylic acids is 1. The third-order valence-electron chi connectivity index (χ3n) is 3.77. The Morgan fingerprint density at radius 1 is 1.25 bits per heavy atom. The van der Waals surface area contributed by atoms with E-state index in [4.69, 9.17) is 16.3 Å². The smallest absolute Gasteiger partial charge is 0.250 e. The van der Waals surface area contributed by atoms with Crippen molar-refractivity contribution in [2.45, 2.75) is 32.0 Å². The Bertz CT molecular complexity index is 728. The fourth-order valence-corrected chi connectivity index (χ4v) is 2.68. The minimum atomic E-state index is -0.273. The van der Waals surface area contributed by atoms with Crippen molar-refractivity contribution in [3.8, 4) is 0 Å². The quantitative estimate of drug-likeness (QED) is 0.837. The van der Waals surface area contributed by atoms with E-state index in [1.807, 2.05) is 19.1 Å². The number of hydrogen-bond acceptors (Lipinski definition) is 3. The Morgan fingerprint density at radius 2 is 1.96 bits per heavy atom. The highest BCUT2D eigenvalue weighted by Gasteiger charge is 2.20. The van der Waals surface area contributed by atoms with Crippen LogP contribution < -0.4 is 10.9 Å². The van der Waals surface area contributed by atoms with Crippen LogP contribution in [0.3, 0.4) is 0 Å². The average molecular weight is 349 g/mol. The van der Waals surface area contributed by atoms with Gasteiger partial charge in [0.15, 0.2) is 0 Å². The van der Waals surface area contributed by atoms with Gasteiger partial charge in [-0.15, -0.1) is 0 Å². The standard InChI is InChI=1S/C18H21ClN2O3/c1-13(18(24-2)14-6-8-15(19)9-7-14)20-16(22)10-12-21-11-4-3-5-17(21)23/h3-9,11,13,18H,10,12H2,1-2H3,(H,20,22)/t13-,18-/m0/s1. The molecule has 0 fully saturated rings. The summed E-state index contributed by atoms with van der Waals surface area (Å²) in [7, 11) is 1.60. The number of pyridine rings is 1. The second-order valence-electron chi connectivity index (χ2n) is 5.55. The lowest BCUT2D eigenvalue weighted by molar-refractivity contribution is -0.122. The maximum absolute atomic E-state index is 12.1. The third kappa shape index (κ3) is 4.94. The van der Waals surface area contributed by atoms with E-state index in [0.717, 1.165) is 5.56 Å². The zero-order chi connectivity index (χ0) is 17.5. The molecule has 0 aliphatic carbocycles. The summed E-state index contributed by atoms with van der Waals surface area (Å²) in [4.78, 5) is 23.8. The van der Waals surface area contributed by atoms with Gasteiger partial charge in [0.25, 0.3) is 5.56 Å². The van der Waals surface area contributed by atoms with Crippen molar-refractivity contribution < 1.29 is 9.53 Å². The van der Waals surface area contributed by atoms with Crippen molar-refractivity contribution in [3.63, 3.8) is 0 Å². The summed E-state index contributed by atoms with van der Waals surface area (Å²) in [6.07, 6.45) is 1.63. The molecule has 1 heterocycles. The second-order valence-corrected chi connectivity index (χ2v) is 5.98. The molecule has 2 atom stereocenters. The van der Waals surface area contributed by atoms with Crippen molar-refractivity contribution in [1.82, 2.24) is 9.88 Å². The molecule has 0 aliphatic heterocycles. The van der Waals surface area contributed by atoms with Crippen LogP contribution in [0, 0.1) is 0 Å². The molecule has 0 radical (unpaired) electrons. The van der Waals surface area contributed by atoms with Gasteiger partial charge < -0.3 is 14.6 Å². The van der Waals surface area contributed by atoms with Crippen molar-refractivity contribution in [1.29, 1.82) is 0 Å². The fourth-order valence-electron chi connectivity index (χ4n) is 2.55. The summed E-state index contributed by atoms with van der Waals surface area (Å²) < 4.78 is 7.02. The molecule has 6 heteroatoms. The molecule has 0 aliphatic rings. The predicted octanol–water partition coefficient (Wildman–Crippen LogP) is 2.78. The minimum Gasteiger partial charge on any atom is -0.375 e. The number of carbonyl (C=O) groups is 1. The molecule has 1 aromatic heterocycles. The molecule has 2 rings (SSSR count). The van der Waals surface area contributed by atoms with Crippen molar-refractivity contribution in [2.75, 3.05) is 7.11 Å². The minimum absolute atomic E-state index is 0.116. The van der Waals surface area contributed by atoms with Crippen LogP contribution in [0.5, 0.6) is 0 Å². The summed E-state index contributed by atoms with van der Waals surface area (Å²) in [6, 6.07) is 12.0. The number of aromatic nitrogens is 1. The Morgan fingerprint density at radius 3 is 2.58 bits per heavy atom. The van der Waals surface area contributed by atoms with E-state index in [1.54, 1.807) is 37.6 Å². The van der Waals surface area contributed by atoms with Crippen molar-refractivity contribution >= 4 is 17.5 Å². The zero-order valence-corrected chi connectivity index (χ0v) is 14.5. The lowest BCUT2D eigenvalue weighted by Crippen LogP contribution is -2.38. The molecule has 0 unspecified atom stereocenters. The summed E-state index contributed by atoms with van der Waals surface area (Å²) in [5, 5.41) is 3.57. The number of rotatable bonds is 7. The number of ether oxygens (including phenoxy) is 1. The van der Waals surface area contributed by atoms with Gasteiger partial charge in [-0.3, -0.25) is 9.59 Å². The molecule has 0 spiro atoms. The first-order valence-electron chi connectivity index (χ1n) is 7.74. The summed E-state index contributed by atoms with van der Waals surface area (Å²) in [5.41, 5.74) is 0.822. The number of methoxy groups -OCH3 is 1. The highest BCUT2D eigenvalue weighted by Crippen LogP contribution is 2.22. The van der Waals surface area contributed by atoms with E-state index in [0.29, 0.717) is 11.6 Å². The van der Waals surface area contributed by atoms with Gasteiger partial charge in [-0.1, -0.05) is 29.8 Å². The first-order chi connectivity index (χ1) is 11.5. The van der Waals surface area contributed by atoms with Gasteiger partial charge in [0.05, 0.1) is 6.04 Å². The molecular weight excluding hydrogens is 328 g/mol. The van der Waals surface area contributed by atoms with Crippen LogP contribution in [-0.4, -0.2) is 23.6 Å². The van der Waals surface area contributed by atoms with Crippen LogP contribution in [0.15, 0.2) is 53.5 Å². The number of nitrogens with one attached hydrogen (secondary N) is 1. The molecule has 0 bridgehead atoms. The largest absolute Gasteiger partial charge is 0.375 e. The Balaban J connectivity index is 1.93. The summed E-state index contributed by atoms with van der Waals surface area (Å²) in [6.45, 7) is 2.23. The van der Waals surface area contributed by atoms with Crippen LogP contribution in [0.4, 0.5) is 0 Å². The van der Waals surface area contributed by atoms with Crippen LogP contribution in [0.2, 0.25) is 5.02 Å². The second kappa shape index (κ2) is 8.66. The van der Waals surface area contributed by atoms with Crippen LogP contribution in [-0.2, 0) is 16.1 Å². The first kappa shape index (κ1) is 18.2. The van der Waals surface area contributed by atoms with Crippen molar-refractivity contribution in [3.05, 3.63) is 69.6 Å². The normalized spacial score (nSPS) is 13.3. The van der Waals surface area contributed by atoms with Gasteiger partial charge in [-0.2, -0.15) is 0 Å². The zero-order valence-electron chi connectivity index (χ0n) is 13.7. The van der Waals surface area contributed by atoms with Crippen LogP contribution in [0.25, 0.3) is 0 Å². The van der Waals surface area contributed by atoms with Gasteiger partial charge in [0.2, 0.25) is 5.91 Å². The Labute approximate surface area is 146 Å². The van der Waals surface area contributed by atoms with Crippen molar-refractivity contribution in [2.24, 2.45) is 0 Å². The molecule has 24 heavy (non-hydrogen) atoms. The topological polar surface area (TPSA) is 60.3 Å². The van der Waals surface area contributed by atoms with E-state index in [1.165, 1.54) is 10.6 Å². The van der Waals surface area contributed by atoms with Gasteiger partial charge in [-0.05, 0) is 30.7 Å². The number of benzene rings is 1. The third-order valence-corrected chi connectivity index (χ3v) is 4.03. The average Bonchev–Trinajstić information content (AvgIpc) is 2.56. The number of nitrogens with zero attached hydrogens (tertiary/aromatic N) is 1. The molecule has 0 saturated heterocycles. The number of aryl methyl sites for hydroxylation is 1. The van der Waals surface area contributed by atoms with E-state index < -0.39 is 0 Å². The highest BCUT2D eigenvalue weighted by molar-refractivity contribution is 6.30. The van der Waals surface area contributed by atoms with Gasteiger partial charge >= 0.3 is 0 Å². The van der Waals surface area contributed by atoms with E-state index in [2.05, 4.69) is 5.32 Å². The molecule has 1 amide bonds. The van der Waals surface area contributed by atoms with E-state index in [-0.39, 0.29) is 30.0 Å². The lowest BCUT2D eigenvalue weighted by atomic mass is 10.0. The lowest BCUT2D eigenvalue weighted by Gasteiger charge is -2.24. The number of amides is 1. The monoisotopic (exact) mass is 348 g/mol. The molecule has 0 saturated carbocycles. The highest BCUT2D eigenvalue weighted by atomic mass is 35.5. The number of halogens is 1. The molecule has 5 nitrogen and oxygen atoms in total.